The number of benzene rings is 2. The van der Waals surface area contributed by atoms with Gasteiger partial charge in [0.05, 0.1) is 22.5 Å². The first-order valence-corrected chi connectivity index (χ1v) is 10.7. The number of para-hydroxylation sites is 1. The predicted octanol–water partition coefficient (Wildman–Crippen LogP) is 2.46. The van der Waals surface area contributed by atoms with Crippen LogP contribution in [0.5, 0.6) is 0 Å². The fourth-order valence-corrected chi connectivity index (χ4v) is 3.84. The highest BCUT2D eigenvalue weighted by Crippen LogP contribution is 2.28. The summed E-state index contributed by atoms with van der Waals surface area (Å²) in [4.78, 5) is 26.3. The molecular formula is C20H21FN2O4S. The number of anilines is 1. The van der Waals surface area contributed by atoms with Crippen molar-refractivity contribution in [1.82, 2.24) is 5.32 Å². The van der Waals surface area contributed by atoms with E-state index in [9.17, 15) is 22.4 Å². The molecule has 8 heteroatoms. The third-order valence-corrected chi connectivity index (χ3v) is 5.93. The van der Waals surface area contributed by atoms with Gasteiger partial charge in [-0.2, -0.15) is 0 Å². The van der Waals surface area contributed by atoms with E-state index in [-0.39, 0.29) is 41.4 Å². The zero-order valence-corrected chi connectivity index (χ0v) is 16.4. The first kappa shape index (κ1) is 20.0. The van der Waals surface area contributed by atoms with Crippen LogP contribution in [0.2, 0.25) is 0 Å². The SMILES string of the molecule is C[C@@H](NC(=O)[C@H]1CC(=O)N(c2ccccc2F)C1)c1ccc(S(C)(=O)=O)cc1. The van der Waals surface area contributed by atoms with Gasteiger partial charge in [0, 0.05) is 19.2 Å². The topological polar surface area (TPSA) is 83.6 Å². The van der Waals surface area contributed by atoms with Crippen molar-refractivity contribution in [3.63, 3.8) is 0 Å². The van der Waals surface area contributed by atoms with E-state index < -0.39 is 21.6 Å². The molecule has 148 valence electrons. The Balaban J connectivity index is 1.66. The molecule has 6 nitrogen and oxygen atoms in total. The van der Waals surface area contributed by atoms with Crippen LogP contribution in [0.3, 0.4) is 0 Å². The summed E-state index contributed by atoms with van der Waals surface area (Å²) in [6.07, 6.45) is 1.14. The quantitative estimate of drug-likeness (QED) is 0.830. The first-order chi connectivity index (χ1) is 13.2. The van der Waals surface area contributed by atoms with Crippen LogP contribution < -0.4 is 10.2 Å². The van der Waals surface area contributed by atoms with E-state index in [2.05, 4.69) is 5.32 Å². The lowest BCUT2D eigenvalue weighted by Gasteiger charge is -2.19. The zero-order chi connectivity index (χ0) is 20.5. The predicted molar refractivity (Wildman–Crippen MR) is 103 cm³/mol. The maximum absolute atomic E-state index is 14.0. The van der Waals surface area contributed by atoms with Crippen molar-refractivity contribution in [2.75, 3.05) is 17.7 Å². The number of sulfone groups is 1. The van der Waals surface area contributed by atoms with Gasteiger partial charge in [-0.05, 0) is 36.8 Å². The smallest absolute Gasteiger partial charge is 0.227 e. The molecule has 2 aromatic rings. The van der Waals surface area contributed by atoms with Gasteiger partial charge in [-0.3, -0.25) is 9.59 Å². The minimum atomic E-state index is -3.28. The van der Waals surface area contributed by atoms with Gasteiger partial charge in [0.1, 0.15) is 5.82 Å². The second kappa shape index (κ2) is 7.71. The van der Waals surface area contributed by atoms with Gasteiger partial charge in [0.2, 0.25) is 11.8 Å². The fraction of sp³-hybridized carbons (Fsp3) is 0.300. The Bertz CT molecular complexity index is 1010. The van der Waals surface area contributed by atoms with Gasteiger partial charge < -0.3 is 10.2 Å². The number of amides is 2. The summed E-state index contributed by atoms with van der Waals surface area (Å²) in [5.41, 5.74) is 0.920. The number of rotatable bonds is 5. The largest absolute Gasteiger partial charge is 0.349 e. The molecule has 3 rings (SSSR count). The van der Waals surface area contributed by atoms with E-state index in [1.54, 1.807) is 31.2 Å². The first-order valence-electron chi connectivity index (χ1n) is 8.82. The Morgan fingerprint density at radius 2 is 1.82 bits per heavy atom. The number of nitrogens with one attached hydrogen (secondary N) is 1. The number of hydrogen-bond acceptors (Lipinski definition) is 4. The summed E-state index contributed by atoms with van der Waals surface area (Å²) >= 11 is 0. The van der Waals surface area contributed by atoms with Crippen molar-refractivity contribution in [1.29, 1.82) is 0 Å². The second-order valence-corrected chi connectivity index (χ2v) is 8.94. The highest BCUT2D eigenvalue weighted by atomic mass is 32.2. The molecule has 2 amide bonds. The van der Waals surface area contributed by atoms with E-state index in [0.717, 1.165) is 11.8 Å². The Morgan fingerprint density at radius 1 is 1.18 bits per heavy atom. The molecule has 1 saturated heterocycles. The van der Waals surface area contributed by atoms with E-state index in [4.69, 9.17) is 0 Å². The lowest BCUT2D eigenvalue weighted by molar-refractivity contribution is -0.126. The minimum Gasteiger partial charge on any atom is -0.349 e. The van der Waals surface area contributed by atoms with Gasteiger partial charge in [-0.25, -0.2) is 12.8 Å². The van der Waals surface area contributed by atoms with Crippen molar-refractivity contribution in [2.24, 2.45) is 5.92 Å². The lowest BCUT2D eigenvalue weighted by atomic mass is 10.1. The average Bonchev–Trinajstić information content (AvgIpc) is 3.03. The van der Waals surface area contributed by atoms with Gasteiger partial charge in [0.25, 0.3) is 0 Å². The summed E-state index contributed by atoms with van der Waals surface area (Å²) in [7, 11) is -3.28. The van der Waals surface area contributed by atoms with Crippen molar-refractivity contribution < 1.29 is 22.4 Å². The maximum Gasteiger partial charge on any atom is 0.227 e. The minimum absolute atomic E-state index is 0.0138. The Labute approximate surface area is 163 Å². The fourth-order valence-electron chi connectivity index (χ4n) is 3.20. The molecule has 0 radical (unpaired) electrons. The molecule has 2 atom stereocenters. The Hall–Kier alpha value is -2.74. The van der Waals surface area contributed by atoms with Gasteiger partial charge in [-0.1, -0.05) is 24.3 Å². The molecule has 1 aliphatic rings. The molecule has 2 aromatic carbocycles. The third-order valence-electron chi connectivity index (χ3n) is 4.81. The van der Waals surface area contributed by atoms with Crippen LogP contribution in [-0.2, 0) is 19.4 Å². The maximum atomic E-state index is 14.0. The molecule has 0 bridgehead atoms. The number of carbonyl (C=O) groups excluding carboxylic acids is 2. The van der Waals surface area contributed by atoms with Gasteiger partial charge in [-0.15, -0.1) is 0 Å². The Kier molecular flexibility index (Phi) is 5.51. The van der Waals surface area contributed by atoms with Crippen molar-refractivity contribution in [2.45, 2.75) is 24.3 Å². The second-order valence-electron chi connectivity index (χ2n) is 6.93. The molecule has 28 heavy (non-hydrogen) atoms. The van der Waals surface area contributed by atoms with Crippen LogP contribution in [0.15, 0.2) is 53.4 Å². The van der Waals surface area contributed by atoms with Crippen molar-refractivity contribution in [3.05, 3.63) is 59.9 Å². The van der Waals surface area contributed by atoms with E-state index in [0.29, 0.717) is 0 Å². The van der Waals surface area contributed by atoms with E-state index in [1.807, 2.05) is 0 Å². The van der Waals surface area contributed by atoms with E-state index >= 15 is 0 Å². The number of halogens is 1. The molecule has 1 heterocycles. The summed E-state index contributed by atoms with van der Waals surface area (Å²) < 4.78 is 37.0. The molecule has 1 N–H and O–H groups in total. The highest BCUT2D eigenvalue weighted by molar-refractivity contribution is 7.90. The van der Waals surface area contributed by atoms with Crippen LogP contribution in [0.1, 0.15) is 24.9 Å². The number of hydrogen-bond donors (Lipinski definition) is 1. The molecule has 1 aliphatic heterocycles. The normalized spacial score (nSPS) is 18.2. The van der Waals surface area contributed by atoms with E-state index in [1.165, 1.54) is 29.2 Å². The van der Waals surface area contributed by atoms with Crippen LogP contribution in [-0.4, -0.2) is 33.0 Å². The van der Waals surface area contributed by atoms with Gasteiger partial charge in [0.15, 0.2) is 9.84 Å². The summed E-state index contributed by atoms with van der Waals surface area (Å²) in [5.74, 6) is -1.68. The molecular weight excluding hydrogens is 383 g/mol. The standard InChI is InChI=1S/C20H21FN2O4S/c1-13(14-7-9-16(10-8-14)28(2,26)27)22-20(25)15-11-19(24)23(12-15)18-6-4-3-5-17(18)21/h3-10,13,15H,11-12H2,1-2H3,(H,22,25)/t13-,15+/m1/s1. The molecule has 0 aromatic heterocycles. The molecule has 1 fully saturated rings. The van der Waals surface area contributed by atoms with Crippen molar-refractivity contribution >= 4 is 27.3 Å². The van der Waals surface area contributed by atoms with Crippen molar-refractivity contribution in [3.8, 4) is 0 Å². The molecule has 0 saturated carbocycles. The van der Waals surface area contributed by atoms with Gasteiger partial charge >= 0.3 is 0 Å². The molecule has 0 unspecified atom stereocenters. The summed E-state index contributed by atoms with van der Waals surface area (Å²) in [5, 5.41) is 2.84. The summed E-state index contributed by atoms with van der Waals surface area (Å²) in [6, 6.07) is 11.9. The summed E-state index contributed by atoms with van der Waals surface area (Å²) in [6.45, 7) is 1.89. The molecule has 0 aliphatic carbocycles. The number of nitrogens with zero attached hydrogens (tertiary/aromatic N) is 1. The number of carbonyl (C=O) groups is 2. The third kappa shape index (κ3) is 4.22. The monoisotopic (exact) mass is 404 g/mol. The molecule has 0 spiro atoms. The van der Waals surface area contributed by atoms with Crippen LogP contribution >= 0.6 is 0 Å². The zero-order valence-electron chi connectivity index (χ0n) is 15.6. The lowest BCUT2D eigenvalue weighted by Crippen LogP contribution is -2.34. The highest BCUT2D eigenvalue weighted by Gasteiger charge is 2.36. The Morgan fingerprint density at radius 3 is 2.43 bits per heavy atom. The van der Waals surface area contributed by atoms with Crippen LogP contribution in [0.25, 0.3) is 0 Å². The van der Waals surface area contributed by atoms with Crippen LogP contribution in [0.4, 0.5) is 10.1 Å². The van der Waals surface area contributed by atoms with Crippen LogP contribution in [0, 0.1) is 11.7 Å². The average molecular weight is 404 g/mol.